The van der Waals surface area contributed by atoms with Gasteiger partial charge in [-0.05, 0) is 50.6 Å². The highest BCUT2D eigenvalue weighted by atomic mass is 35.5. The van der Waals surface area contributed by atoms with Gasteiger partial charge in [-0.15, -0.1) is 0 Å². The SMILES string of the molecule is C=CC(=O)Nc1cc2c(Nc3ccc(F)c(Cl)c3)ncnc2cc1OCCCN1CC(=O)OC(C)(C)C1. The first kappa shape index (κ1) is 26.3. The van der Waals surface area contributed by atoms with E-state index in [1.807, 2.05) is 18.7 Å². The molecular weight excluding hydrogens is 501 g/mol. The van der Waals surface area contributed by atoms with Crippen LogP contribution >= 0.6 is 11.6 Å². The van der Waals surface area contributed by atoms with Crippen LogP contribution in [-0.4, -0.2) is 58.6 Å². The van der Waals surface area contributed by atoms with Crippen molar-refractivity contribution in [2.45, 2.75) is 25.9 Å². The summed E-state index contributed by atoms with van der Waals surface area (Å²) < 4.78 is 24.9. The second-order valence-corrected chi connectivity index (χ2v) is 9.59. The van der Waals surface area contributed by atoms with E-state index in [2.05, 4.69) is 27.2 Å². The fraction of sp³-hybridized carbons (Fsp3) is 0.308. The average Bonchev–Trinajstić information content (AvgIpc) is 2.83. The highest BCUT2D eigenvalue weighted by Gasteiger charge is 2.32. The number of nitrogens with zero attached hydrogens (tertiary/aromatic N) is 3. The summed E-state index contributed by atoms with van der Waals surface area (Å²) in [6, 6.07) is 7.65. The Morgan fingerprint density at radius 3 is 2.86 bits per heavy atom. The Morgan fingerprint density at radius 1 is 1.32 bits per heavy atom. The highest BCUT2D eigenvalue weighted by Crippen LogP contribution is 2.34. The van der Waals surface area contributed by atoms with Crippen LogP contribution in [0.2, 0.25) is 5.02 Å². The summed E-state index contributed by atoms with van der Waals surface area (Å²) in [5, 5.41) is 6.44. The van der Waals surface area contributed by atoms with E-state index >= 15 is 0 Å². The molecule has 9 nitrogen and oxygen atoms in total. The molecule has 0 bridgehead atoms. The van der Waals surface area contributed by atoms with Crippen molar-refractivity contribution in [1.82, 2.24) is 14.9 Å². The van der Waals surface area contributed by atoms with Crippen molar-refractivity contribution in [2.75, 3.05) is 36.9 Å². The Labute approximate surface area is 218 Å². The van der Waals surface area contributed by atoms with E-state index in [-0.39, 0.29) is 17.5 Å². The number of rotatable bonds is 9. The molecule has 37 heavy (non-hydrogen) atoms. The molecule has 0 spiro atoms. The van der Waals surface area contributed by atoms with Crippen LogP contribution in [0.1, 0.15) is 20.3 Å². The monoisotopic (exact) mass is 527 g/mol. The molecule has 0 atom stereocenters. The lowest BCUT2D eigenvalue weighted by atomic mass is 10.1. The third kappa shape index (κ3) is 6.72. The molecule has 2 N–H and O–H groups in total. The van der Waals surface area contributed by atoms with Gasteiger partial charge < -0.3 is 20.1 Å². The maximum absolute atomic E-state index is 13.6. The molecule has 0 saturated carbocycles. The van der Waals surface area contributed by atoms with E-state index in [1.165, 1.54) is 24.5 Å². The number of hydrogen-bond donors (Lipinski definition) is 2. The Balaban J connectivity index is 1.53. The van der Waals surface area contributed by atoms with E-state index in [9.17, 15) is 14.0 Å². The van der Waals surface area contributed by atoms with Crippen LogP contribution in [0.25, 0.3) is 10.9 Å². The van der Waals surface area contributed by atoms with Crippen LogP contribution in [-0.2, 0) is 14.3 Å². The molecule has 194 valence electrons. The molecule has 11 heteroatoms. The zero-order valence-electron chi connectivity index (χ0n) is 20.5. The average molecular weight is 528 g/mol. The number of carbonyl (C=O) groups excluding carboxylic acids is 2. The molecule has 4 rings (SSSR count). The number of ether oxygens (including phenoxy) is 2. The summed E-state index contributed by atoms with van der Waals surface area (Å²) in [6.45, 7) is 9.15. The van der Waals surface area contributed by atoms with Gasteiger partial charge in [-0.25, -0.2) is 14.4 Å². The van der Waals surface area contributed by atoms with E-state index in [0.29, 0.717) is 60.0 Å². The maximum Gasteiger partial charge on any atom is 0.320 e. The number of carbonyl (C=O) groups is 2. The van der Waals surface area contributed by atoms with Gasteiger partial charge in [0.05, 0.1) is 29.4 Å². The lowest BCUT2D eigenvalue weighted by Crippen LogP contribution is -2.51. The van der Waals surface area contributed by atoms with Gasteiger partial charge in [0.1, 0.15) is 29.3 Å². The fourth-order valence-corrected chi connectivity index (χ4v) is 4.25. The lowest BCUT2D eigenvalue weighted by molar-refractivity contribution is -0.169. The predicted octanol–water partition coefficient (Wildman–Crippen LogP) is 4.70. The molecule has 1 aromatic heterocycles. The van der Waals surface area contributed by atoms with Gasteiger partial charge >= 0.3 is 5.97 Å². The number of hydrogen-bond acceptors (Lipinski definition) is 8. The normalized spacial score (nSPS) is 15.2. The number of cyclic esters (lactones) is 1. The maximum atomic E-state index is 13.6. The first-order valence-electron chi connectivity index (χ1n) is 11.6. The largest absolute Gasteiger partial charge is 0.491 e. The van der Waals surface area contributed by atoms with Crippen LogP contribution < -0.4 is 15.4 Å². The number of halogens is 2. The Bertz CT molecular complexity index is 1350. The second-order valence-electron chi connectivity index (χ2n) is 9.18. The first-order chi connectivity index (χ1) is 17.6. The van der Waals surface area contributed by atoms with E-state index in [1.54, 1.807) is 12.1 Å². The lowest BCUT2D eigenvalue weighted by Gasteiger charge is -2.37. The first-order valence-corrected chi connectivity index (χ1v) is 12.0. The summed E-state index contributed by atoms with van der Waals surface area (Å²) in [6.07, 6.45) is 3.20. The molecule has 1 saturated heterocycles. The second kappa shape index (κ2) is 11.1. The number of anilines is 3. The zero-order valence-corrected chi connectivity index (χ0v) is 21.3. The summed E-state index contributed by atoms with van der Waals surface area (Å²) in [7, 11) is 0. The van der Waals surface area contributed by atoms with Gasteiger partial charge in [0.2, 0.25) is 5.91 Å². The van der Waals surface area contributed by atoms with Crippen molar-refractivity contribution >= 4 is 51.6 Å². The number of fused-ring (bicyclic) bond motifs is 1. The number of amides is 1. The minimum absolute atomic E-state index is 0.0250. The van der Waals surface area contributed by atoms with E-state index < -0.39 is 17.3 Å². The number of esters is 1. The zero-order chi connectivity index (χ0) is 26.6. The van der Waals surface area contributed by atoms with Crippen molar-refractivity contribution in [1.29, 1.82) is 0 Å². The molecular formula is C26H27ClFN5O4. The summed E-state index contributed by atoms with van der Waals surface area (Å²) >= 11 is 5.90. The molecule has 2 aromatic carbocycles. The number of nitrogens with one attached hydrogen (secondary N) is 2. The molecule has 1 aliphatic rings. The van der Waals surface area contributed by atoms with Gasteiger partial charge in [0.15, 0.2) is 0 Å². The number of morpholine rings is 1. The van der Waals surface area contributed by atoms with Crippen molar-refractivity contribution in [2.24, 2.45) is 0 Å². The van der Waals surface area contributed by atoms with Gasteiger partial charge in [0, 0.05) is 30.2 Å². The van der Waals surface area contributed by atoms with E-state index in [0.717, 1.165) is 6.08 Å². The van der Waals surface area contributed by atoms with Crippen LogP contribution in [0.3, 0.4) is 0 Å². The smallest absolute Gasteiger partial charge is 0.320 e. The van der Waals surface area contributed by atoms with Crippen molar-refractivity contribution in [3.8, 4) is 5.75 Å². The predicted molar refractivity (Wildman–Crippen MR) is 140 cm³/mol. The van der Waals surface area contributed by atoms with Gasteiger partial charge in [0.25, 0.3) is 0 Å². The molecule has 0 aliphatic carbocycles. The molecule has 1 aliphatic heterocycles. The minimum Gasteiger partial charge on any atom is -0.491 e. The Kier molecular flexibility index (Phi) is 7.89. The summed E-state index contributed by atoms with van der Waals surface area (Å²) in [4.78, 5) is 34.6. The third-order valence-corrected chi connectivity index (χ3v) is 5.88. The Hall–Kier alpha value is -3.76. The quantitative estimate of drug-likeness (QED) is 0.234. The topological polar surface area (TPSA) is 106 Å². The van der Waals surface area contributed by atoms with Gasteiger partial charge in [-0.1, -0.05) is 18.2 Å². The van der Waals surface area contributed by atoms with Crippen molar-refractivity contribution in [3.63, 3.8) is 0 Å². The molecule has 2 heterocycles. The van der Waals surface area contributed by atoms with Gasteiger partial charge in [-0.3, -0.25) is 14.5 Å². The van der Waals surface area contributed by atoms with Crippen LogP contribution in [0.15, 0.2) is 49.3 Å². The van der Waals surface area contributed by atoms with Crippen LogP contribution in [0.4, 0.5) is 21.6 Å². The minimum atomic E-state index is -0.528. The summed E-state index contributed by atoms with van der Waals surface area (Å²) in [5.41, 5.74) is 0.988. The highest BCUT2D eigenvalue weighted by molar-refractivity contribution is 6.31. The van der Waals surface area contributed by atoms with Crippen LogP contribution in [0.5, 0.6) is 5.75 Å². The number of benzene rings is 2. The summed E-state index contributed by atoms with van der Waals surface area (Å²) in [5.74, 6) is -0.313. The van der Waals surface area contributed by atoms with E-state index in [4.69, 9.17) is 21.1 Å². The molecule has 1 amide bonds. The fourth-order valence-electron chi connectivity index (χ4n) is 4.07. The Morgan fingerprint density at radius 2 is 2.14 bits per heavy atom. The molecule has 1 fully saturated rings. The van der Waals surface area contributed by atoms with Crippen LogP contribution in [0, 0.1) is 5.82 Å². The van der Waals surface area contributed by atoms with Crippen molar-refractivity contribution in [3.05, 3.63) is 60.2 Å². The number of aromatic nitrogens is 2. The standard InChI is InChI=1S/C26H27ClFN5O4/c1-4-23(34)32-21-11-17-20(29-15-30-25(17)31-16-6-7-19(28)18(27)10-16)12-22(21)36-9-5-8-33-13-24(35)37-26(2,3)14-33/h4,6-7,10-12,15H,1,5,8-9,13-14H2,2-3H3,(H,32,34)(H,29,30,31). The third-order valence-electron chi connectivity index (χ3n) is 5.59. The van der Waals surface area contributed by atoms with Gasteiger partial charge in [-0.2, -0.15) is 0 Å². The molecule has 0 unspecified atom stereocenters. The molecule has 0 radical (unpaired) electrons. The van der Waals surface area contributed by atoms with Crippen molar-refractivity contribution < 1.29 is 23.5 Å². The molecule has 3 aromatic rings.